The average Bonchev–Trinajstić information content (AvgIpc) is 2.82. The molecule has 0 spiro atoms. The highest BCUT2D eigenvalue weighted by atomic mass is 14.7. The summed E-state index contributed by atoms with van der Waals surface area (Å²) in [5.41, 5.74) is 5.18. The van der Waals surface area contributed by atoms with Crippen LogP contribution in [0.3, 0.4) is 0 Å². The summed E-state index contributed by atoms with van der Waals surface area (Å²) >= 11 is 0. The lowest BCUT2D eigenvalue weighted by Crippen LogP contribution is -2.37. The maximum atomic E-state index is 4.67. The number of rotatable bonds is 0. The molecule has 2 aliphatic rings. The quantitative estimate of drug-likeness (QED) is 0.483. The van der Waals surface area contributed by atoms with Crippen LogP contribution in [0.2, 0.25) is 0 Å². The second-order valence-electron chi connectivity index (χ2n) is 8.51. The topological polar surface area (TPSA) is 12.9 Å². The van der Waals surface area contributed by atoms with Gasteiger partial charge in [0.25, 0.3) is 0 Å². The van der Waals surface area contributed by atoms with Gasteiger partial charge in [0.2, 0.25) is 0 Å². The number of pyridine rings is 1. The first kappa shape index (κ1) is 13.5. The van der Waals surface area contributed by atoms with Crippen LogP contribution in [0.1, 0.15) is 51.7 Å². The van der Waals surface area contributed by atoms with Gasteiger partial charge in [-0.1, -0.05) is 58.0 Å². The van der Waals surface area contributed by atoms with Gasteiger partial charge >= 0.3 is 0 Å². The lowest BCUT2D eigenvalue weighted by molar-refractivity contribution is 0.172. The minimum absolute atomic E-state index is 0.263. The van der Waals surface area contributed by atoms with Crippen molar-refractivity contribution in [3.05, 3.63) is 53.7 Å². The molecule has 2 aliphatic carbocycles. The molecule has 0 saturated heterocycles. The highest BCUT2D eigenvalue weighted by molar-refractivity contribution is 6.07. The third kappa shape index (κ3) is 1.27. The van der Waals surface area contributed by atoms with E-state index < -0.39 is 0 Å². The average molecular weight is 301 g/mol. The number of hydrogen-bond donors (Lipinski definition) is 0. The van der Waals surface area contributed by atoms with Gasteiger partial charge in [-0.2, -0.15) is 0 Å². The monoisotopic (exact) mass is 301 g/mol. The SMILES string of the molecule is CC12CCC(C)(c3c1ccc1c3ccc3cccnc31)C2(C)C. The number of hydrogen-bond acceptors (Lipinski definition) is 1. The molecule has 2 atom stereocenters. The standard InChI is InChI=1S/C22H23N/c1-20(2)21(3)11-12-22(20,4)18-15-8-7-14-6-5-13-23-19(14)16(15)9-10-17(18)21/h5-10,13H,11-12H2,1-4H3. The first-order valence-corrected chi connectivity index (χ1v) is 8.72. The second kappa shape index (κ2) is 3.77. The Morgan fingerprint density at radius 3 is 2.39 bits per heavy atom. The van der Waals surface area contributed by atoms with E-state index in [-0.39, 0.29) is 5.41 Å². The highest BCUT2D eigenvalue weighted by Gasteiger charge is 2.66. The molecule has 0 aliphatic heterocycles. The molecule has 2 bridgehead atoms. The van der Waals surface area contributed by atoms with Crippen molar-refractivity contribution in [3.63, 3.8) is 0 Å². The Morgan fingerprint density at radius 2 is 1.57 bits per heavy atom. The summed E-state index contributed by atoms with van der Waals surface area (Å²) in [4.78, 5) is 4.67. The van der Waals surface area contributed by atoms with E-state index in [0.29, 0.717) is 10.8 Å². The van der Waals surface area contributed by atoms with Crippen LogP contribution in [0, 0.1) is 5.41 Å². The molecule has 1 fully saturated rings. The van der Waals surface area contributed by atoms with Gasteiger partial charge < -0.3 is 0 Å². The van der Waals surface area contributed by atoms with Crippen LogP contribution in [-0.4, -0.2) is 4.98 Å². The number of benzene rings is 2. The van der Waals surface area contributed by atoms with Gasteiger partial charge in [0.05, 0.1) is 5.52 Å². The fraction of sp³-hybridized carbons (Fsp3) is 0.409. The molecule has 2 unspecified atom stereocenters. The van der Waals surface area contributed by atoms with E-state index in [4.69, 9.17) is 0 Å². The van der Waals surface area contributed by atoms with Crippen molar-refractivity contribution in [3.8, 4) is 0 Å². The van der Waals surface area contributed by atoms with Crippen molar-refractivity contribution >= 4 is 21.7 Å². The highest BCUT2D eigenvalue weighted by Crippen LogP contribution is 2.71. The van der Waals surface area contributed by atoms with Crippen LogP contribution >= 0.6 is 0 Å². The number of nitrogens with zero attached hydrogens (tertiary/aromatic N) is 1. The van der Waals surface area contributed by atoms with Crippen molar-refractivity contribution in [2.45, 2.75) is 51.4 Å². The van der Waals surface area contributed by atoms with Gasteiger partial charge in [-0.25, -0.2) is 0 Å². The van der Waals surface area contributed by atoms with E-state index in [1.165, 1.54) is 29.0 Å². The summed E-state index contributed by atoms with van der Waals surface area (Å²) in [5, 5.41) is 3.97. The zero-order valence-corrected chi connectivity index (χ0v) is 14.4. The molecule has 1 nitrogen and oxygen atoms in total. The van der Waals surface area contributed by atoms with Crippen molar-refractivity contribution in [2.24, 2.45) is 5.41 Å². The Hall–Kier alpha value is -1.89. The maximum absolute atomic E-state index is 4.67. The molecule has 3 aromatic rings. The smallest absolute Gasteiger partial charge is 0.0780 e. The van der Waals surface area contributed by atoms with E-state index in [1.54, 1.807) is 11.1 Å². The normalized spacial score (nSPS) is 31.0. The molecule has 1 heteroatoms. The molecule has 0 N–H and O–H groups in total. The third-order valence-electron chi connectivity index (χ3n) is 7.80. The molecular weight excluding hydrogens is 278 g/mol. The molecular formula is C22H23N. The molecule has 0 amide bonds. The first-order chi connectivity index (χ1) is 10.9. The largest absolute Gasteiger partial charge is 0.256 e. The molecule has 23 heavy (non-hydrogen) atoms. The summed E-state index contributed by atoms with van der Waals surface area (Å²) in [7, 11) is 0. The predicted octanol–water partition coefficient (Wildman–Crippen LogP) is 5.74. The summed E-state index contributed by atoms with van der Waals surface area (Å²) in [6, 6.07) is 13.5. The molecule has 5 rings (SSSR count). The van der Waals surface area contributed by atoms with E-state index >= 15 is 0 Å². The van der Waals surface area contributed by atoms with Crippen LogP contribution in [-0.2, 0) is 10.8 Å². The fourth-order valence-electron chi connectivity index (χ4n) is 5.65. The van der Waals surface area contributed by atoms with Crippen molar-refractivity contribution in [1.82, 2.24) is 4.98 Å². The van der Waals surface area contributed by atoms with E-state index in [9.17, 15) is 0 Å². The Kier molecular flexibility index (Phi) is 2.22. The third-order valence-corrected chi connectivity index (χ3v) is 7.80. The van der Waals surface area contributed by atoms with E-state index in [2.05, 4.69) is 63.0 Å². The summed E-state index contributed by atoms with van der Waals surface area (Å²) in [6.45, 7) is 9.93. The molecule has 2 aromatic carbocycles. The van der Waals surface area contributed by atoms with Gasteiger partial charge in [0.15, 0.2) is 0 Å². The molecule has 1 aromatic heterocycles. The zero-order valence-electron chi connectivity index (χ0n) is 14.4. The fourth-order valence-corrected chi connectivity index (χ4v) is 5.65. The first-order valence-electron chi connectivity index (χ1n) is 8.72. The van der Waals surface area contributed by atoms with Gasteiger partial charge in [0.1, 0.15) is 0 Å². The van der Waals surface area contributed by atoms with Crippen molar-refractivity contribution < 1.29 is 0 Å². The van der Waals surface area contributed by atoms with Crippen LogP contribution in [0.15, 0.2) is 42.6 Å². The Bertz CT molecular complexity index is 984. The summed E-state index contributed by atoms with van der Waals surface area (Å²) < 4.78 is 0. The molecule has 0 radical (unpaired) electrons. The molecule has 116 valence electrons. The van der Waals surface area contributed by atoms with Gasteiger partial charge in [-0.05, 0) is 51.7 Å². The number of fused-ring (bicyclic) bond motifs is 9. The maximum Gasteiger partial charge on any atom is 0.0780 e. The molecule has 1 heterocycles. The van der Waals surface area contributed by atoms with Crippen molar-refractivity contribution in [1.29, 1.82) is 0 Å². The van der Waals surface area contributed by atoms with Crippen LogP contribution in [0.4, 0.5) is 0 Å². The Morgan fingerprint density at radius 1 is 0.826 bits per heavy atom. The van der Waals surface area contributed by atoms with E-state index in [0.717, 1.165) is 5.52 Å². The van der Waals surface area contributed by atoms with Crippen LogP contribution in [0.25, 0.3) is 21.7 Å². The predicted molar refractivity (Wildman–Crippen MR) is 97.0 cm³/mol. The molecule has 1 saturated carbocycles. The Balaban J connectivity index is 1.98. The Labute approximate surface area is 137 Å². The summed E-state index contributed by atoms with van der Waals surface area (Å²) in [5.74, 6) is 0. The zero-order chi connectivity index (χ0) is 16.0. The van der Waals surface area contributed by atoms with E-state index in [1.807, 2.05) is 12.3 Å². The van der Waals surface area contributed by atoms with Crippen molar-refractivity contribution in [2.75, 3.05) is 0 Å². The van der Waals surface area contributed by atoms with Gasteiger partial charge in [-0.15, -0.1) is 0 Å². The number of aromatic nitrogens is 1. The second-order valence-corrected chi connectivity index (χ2v) is 8.51. The van der Waals surface area contributed by atoms with Gasteiger partial charge in [-0.3, -0.25) is 4.98 Å². The lowest BCUT2D eigenvalue weighted by Gasteiger charge is -2.39. The van der Waals surface area contributed by atoms with Crippen LogP contribution in [0.5, 0.6) is 0 Å². The summed E-state index contributed by atoms with van der Waals surface area (Å²) in [6.07, 6.45) is 4.51. The van der Waals surface area contributed by atoms with Crippen LogP contribution < -0.4 is 0 Å². The lowest BCUT2D eigenvalue weighted by atomic mass is 9.64. The minimum Gasteiger partial charge on any atom is -0.256 e. The van der Waals surface area contributed by atoms with Gasteiger partial charge in [0, 0.05) is 17.0 Å². The minimum atomic E-state index is 0.263.